The second kappa shape index (κ2) is 9.72. The first-order valence-electron chi connectivity index (χ1n) is 10.1. The standard InChI is InChI=1S/C27H24ClNO3/c1-27(2,3)22-10-6-20(7-11-22)26(30)32-24-14-5-18(16-25(24)31-4)15-21(17-29)19-8-12-23(28)13-9-19/h5-16H,1-4H3/b21-15-. The molecule has 0 N–H and O–H groups in total. The Hall–Kier alpha value is -3.55. The average Bonchev–Trinajstić information content (AvgIpc) is 2.78. The van der Waals surface area contributed by atoms with Crippen LogP contribution in [-0.4, -0.2) is 13.1 Å². The maximum Gasteiger partial charge on any atom is 0.343 e. The number of nitriles is 1. The third-order valence-electron chi connectivity index (χ3n) is 4.96. The molecule has 0 amide bonds. The van der Waals surface area contributed by atoms with Crippen LogP contribution in [0, 0.1) is 11.3 Å². The van der Waals surface area contributed by atoms with Gasteiger partial charge in [0.1, 0.15) is 0 Å². The minimum absolute atomic E-state index is 0.00327. The first-order chi connectivity index (χ1) is 15.2. The average molecular weight is 446 g/mol. The Kier molecular flexibility index (Phi) is 7.02. The van der Waals surface area contributed by atoms with E-state index in [0.717, 1.165) is 16.7 Å². The SMILES string of the molecule is COc1cc(/C=C(/C#N)c2ccc(Cl)cc2)ccc1OC(=O)c1ccc(C(C)(C)C)cc1. The van der Waals surface area contributed by atoms with Crippen LogP contribution in [0.3, 0.4) is 0 Å². The predicted octanol–water partition coefficient (Wildman–Crippen LogP) is 6.93. The van der Waals surface area contributed by atoms with E-state index in [0.29, 0.717) is 27.7 Å². The number of nitrogens with zero attached hydrogens (tertiary/aromatic N) is 1. The molecule has 3 rings (SSSR count). The minimum atomic E-state index is -0.467. The molecule has 0 spiro atoms. The third-order valence-corrected chi connectivity index (χ3v) is 5.22. The van der Waals surface area contributed by atoms with Gasteiger partial charge in [0.05, 0.1) is 24.3 Å². The van der Waals surface area contributed by atoms with Gasteiger partial charge in [0.2, 0.25) is 0 Å². The van der Waals surface area contributed by atoms with Gasteiger partial charge in [0, 0.05) is 5.02 Å². The molecule has 0 fully saturated rings. The maximum absolute atomic E-state index is 12.6. The fourth-order valence-corrected chi connectivity index (χ4v) is 3.23. The molecule has 162 valence electrons. The van der Waals surface area contributed by atoms with Gasteiger partial charge in [-0.15, -0.1) is 0 Å². The second-order valence-electron chi connectivity index (χ2n) is 8.30. The molecule has 0 saturated heterocycles. The number of rotatable bonds is 5. The van der Waals surface area contributed by atoms with E-state index in [9.17, 15) is 10.1 Å². The molecule has 0 aliphatic rings. The number of halogens is 1. The molecule has 0 unspecified atom stereocenters. The Bertz CT molecular complexity index is 1180. The van der Waals surface area contributed by atoms with Crippen molar-refractivity contribution in [1.29, 1.82) is 5.26 Å². The molecule has 3 aromatic carbocycles. The minimum Gasteiger partial charge on any atom is -0.493 e. The molecule has 0 aromatic heterocycles. The van der Waals surface area contributed by atoms with Crippen molar-refractivity contribution in [2.75, 3.05) is 7.11 Å². The zero-order valence-corrected chi connectivity index (χ0v) is 19.2. The molecule has 4 nitrogen and oxygen atoms in total. The van der Waals surface area contributed by atoms with Gasteiger partial charge in [-0.3, -0.25) is 0 Å². The van der Waals surface area contributed by atoms with E-state index >= 15 is 0 Å². The highest BCUT2D eigenvalue weighted by molar-refractivity contribution is 6.30. The van der Waals surface area contributed by atoms with E-state index in [1.807, 2.05) is 12.1 Å². The van der Waals surface area contributed by atoms with Crippen molar-refractivity contribution in [3.05, 3.63) is 94.0 Å². The van der Waals surface area contributed by atoms with E-state index in [2.05, 4.69) is 26.8 Å². The Morgan fingerprint density at radius 3 is 2.12 bits per heavy atom. The molecular formula is C27H24ClNO3. The summed E-state index contributed by atoms with van der Waals surface area (Å²) >= 11 is 5.93. The number of esters is 1. The second-order valence-corrected chi connectivity index (χ2v) is 8.74. The van der Waals surface area contributed by atoms with Gasteiger partial charge in [-0.05, 0) is 64.6 Å². The number of allylic oxidation sites excluding steroid dienone is 1. The number of benzene rings is 3. The molecule has 32 heavy (non-hydrogen) atoms. The highest BCUT2D eigenvalue weighted by Crippen LogP contribution is 2.31. The predicted molar refractivity (Wildman–Crippen MR) is 128 cm³/mol. The first kappa shape index (κ1) is 23.1. The third kappa shape index (κ3) is 5.57. The summed E-state index contributed by atoms with van der Waals surface area (Å²) in [7, 11) is 1.50. The molecule has 3 aromatic rings. The number of carbonyl (C=O) groups excluding carboxylic acids is 1. The van der Waals surface area contributed by atoms with Crippen molar-refractivity contribution in [2.45, 2.75) is 26.2 Å². The van der Waals surface area contributed by atoms with Crippen molar-refractivity contribution in [3.63, 3.8) is 0 Å². The zero-order chi connectivity index (χ0) is 23.3. The molecule has 0 aliphatic heterocycles. The lowest BCUT2D eigenvalue weighted by molar-refractivity contribution is 0.0729. The molecule has 5 heteroatoms. The quantitative estimate of drug-likeness (QED) is 0.185. The van der Waals surface area contributed by atoms with Gasteiger partial charge in [0.15, 0.2) is 11.5 Å². The van der Waals surface area contributed by atoms with Crippen LogP contribution in [0.2, 0.25) is 5.02 Å². The van der Waals surface area contributed by atoms with Gasteiger partial charge in [0.25, 0.3) is 0 Å². The molecule has 0 heterocycles. The lowest BCUT2D eigenvalue weighted by Gasteiger charge is -2.19. The lowest BCUT2D eigenvalue weighted by atomic mass is 9.87. The highest BCUT2D eigenvalue weighted by atomic mass is 35.5. The number of ether oxygens (including phenoxy) is 2. The number of hydrogen-bond acceptors (Lipinski definition) is 4. The van der Waals surface area contributed by atoms with Crippen molar-refractivity contribution in [1.82, 2.24) is 0 Å². The Morgan fingerprint density at radius 2 is 1.56 bits per heavy atom. The van der Waals surface area contributed by atoms with E-state index < -0.39 is 5.97 Å². The van der Waals surface area contributed by atoms with Crippen LogP contribution in [0.25, 0.3) is 11.6 Å². The Morgan fingerprint density at radius 1 is 0.938 bits per heavy atom. The smallest absolute Gasteiger partial charge is 0.343 e. The number of carbonyl (C=O) groups is 1. The normalized spacial score (nSPS) is 11.6. The molecular weight excluding hydrogens is 422 g/mol. The lowest BCUT2D eigenvalue weighted by Crippen LogP contribution is -2.13. The first-order valence-corrected chi connectivity index (χ1v) is 10.5. The molecule has 0 bridgehead atoms. The van der Waals surface area contributed by atoms with Gasteiger partial charge in [-0.2, -0.15) is 5.26 Å². The maximum atomic E-state index is 12.6. The van der Waals surface area contributed by atoms with E-state index in [1.165, 1.54) is 7.11 Å². The van der Waals surface area contributed by atoms with Crippen LogP contribution in [0.4, 0.5) is 0 Å². The van der Waals surface area contributed by atoms with Crippen molar-refractivity contribution < 1.29 is 14.3 Å². The monoisotopic (exact) mass is 445 g/mol. The Balaban J connectivity index is 1.83. The summed E-state index contributed by atoms with van der Waals surface area (Å²) < 4.78 is 11.0. The van der Waals surface area contributed by atoms with Gasteiger partial charge >= 0.3 is 5.97 Å². The summed E-state index contributed by atoms with van der Waals surface area (Å²) in [6, 6.07) is 21.8. The fraction of sp³-hybridized carbons (Fsp3) is 0.185. The fourth-order valence-electron chi connectivity index (χ4n) is 3.10. The van der Waals surface area contributed by atoms with Crippen LogP contribution in [0.15, 0.2) is 66.7 Å². The van der Waals surface area contributed by atoms with Crippen LogP contribution in [-0.2, 0) is 5.41 Å². The van der Waals surface area contributed by atoms with E-state index in [-0.39, 0.29) is 5.41 Å². The highest BCUT2D eigenvalue weighted by Gasteiger charge is 2.16. The molecule has 0 aliphatic carbocycles. The number of methoxy groups -OCH3 is 1. The molecule has 0 saturated carbocycles. The summed E-state index contributed by atoms with van der Waals surface area (Å²) in [6.07, 6.45) is 1.74. The van der Waals surface area contributed by atoms with Gasteiger partial charge in [-0.25, -0.2) is 4.79 Å². The summed E-state index contributed by atoms with van der Waals surface area (Å²) in [6.45, 7) is 6.35. The zero-order valence-electron chi connectivity index (χ0n) is 18.5. The van der Waals surface area contributed by atoms with Crippen molar-refractivity contribution in [3.8, 4) is 17.6 Å². The van der Waals surface area contributed by atoms with Crippen LogP contribution in [0.1, 0.15) is 47.8 Å². The van der Waals surface area contributed by atoms with E-state index in [4.69, 9.17) is 21.1 Å². The summed E-state index contributed by atoms with van der Waals surface area (Å²) in [5.74, 6) is 0.234. The largest absolute Gasteiger partial charge is 0.493 e. The topological polar surface area (TPSA) is 59.3 Å². The number of hydrogen-bond donors (Lipinski definition) is 0. The van der Waals surface area contributed by atoms with E-state index in [1.54, 1.807) is 60.7 Å². The molecule has 0 atom stereocenters. The van der Waals surface area contributed by atoms with Crippen LogP contribution >= 0.6 is 11.6 Å². The summed E-state index contributed by atoms with van der Waals surface area (Å²) in [4.78, 5) is 12.6. The van der Waals surface area contributed by atoms with Gasteiger partial charge in [-0.1, -0.05) is 62.7 Å². The van der Waals surface area contributed by atoms with Crippen LogP contribution in [0.5, 0.6) is 11.5 Å². The van der Waals surface area contributed by atoms with Crippen molar-refractivity contribution in [2.24, 2.45) is 0 Å². The molecule has 0 radical (unpaired) electrons. The van der Waals surface area contributed by atoms with Crippen LogP contribution < -0.4 is 9.47 Å². The van der Waals surface area contributed by atoms with Gasteiger partial charge < -0.3 is 9.47 Å². The Labute approximate surface area is 193 Å². The summed E-state index contributed by atoms with van der Waals surface area (Å²) in [5.41, 5.74) is 3.57. The summed E-state index contributed by atoms with van der Waals surface area (Å²) in [5, 5.41) is 10.2. The van der Waals surface area contributed by atoms with Crippen molar-refractivity contribution >= 4 is 29.2 Å².